The Morgan fingerprint density at radius 2 is 1.62 bits per heavy atom. The van der Waals surface area contributed by atoms with E-state index < -0.39 is 0 Å². The number of hydrogen-bond acceptors (Lipinski definition) is 5. The van der Waals surface area contributed by atoms with Crippen molar-refractivity contribution in [1.29, 1.82) is 0 Å². The lowest BCUT2D eigenvalue weighted by Gasteiger charge is -2.63. The van der Waals surface area contributed by atoms with E-state index >= 15 is 0 Å². The highest BCUT2D eigenvalue weighted by Crippen LogP contribution is 2.89. The average Bonchev–Trinajstić information content (AvgIpc) is 3.38. The topological polar surface area (TPSA) is 62.4 Å². The van der Waals surface area contributed by atoms with E-state index in [2.05, 4.69) is 64.7 Å². The van der Waals surface area contributed by atoms with E-state index in [1.807, 2.05) is 7.05 Å². The summed E-state index contributed by atoms with van der Waals surface area (Å²) in [5, 5.41) is 10.2. The zero-order valence-corrected chi connectivity index (χ0v) is 23.1. The number of esters is 1. The minimum atomic E-state index is -0.0971. The highest BCUT2D eigenvalue weighted by atomic mass is 16.5. The first-order valence-corrected chi connectivity index (χ1v) is 14.2. The van der Waals surface area contributed by atoms with Crippen LogP contribution in [0.25, 0.3) is 0 Å². The van der Waals surface area contributed by atoms with E-state index in [1.54, 1.807) is 0 Å². The Hall–Kier alpha value is -0.650. The molecular formula is C29H51N3O2. The molecule has 0 aromatic rings. The smallest absolute Gasteiger partial charge is 0.320 e. The average molecular weight is 474 g/mol. The molecule has 0 saturated heterocycles. The van der Waals surface area contributed by atoms with Gasteiger partial charge in [-0.1, -0.05) is 27.7 Å². The van der Waals surface area contributed by atoms with Crippen LogP contribution in [-0.4, -0.2) is 51.8 Å². The van der Waals surface area contributed by atoms with Crippen LogP contribution in [0, 0.1) is 44.8 Å². The highest BCUT2D eigenvalue weighted by Gasteiger charge is 2.82. The lowest BCUT2D eigenvalue weighted by atomic mass is 9.42. The zero-order valence-electron chi connectivity index (χ0n) is 23.1. The largest absolute Gasteiger partial charge is 0.461 e. The summed E-state index contributed by atoms with van der Waals surface area (Å²) < 4.78 is 6.25. The first-order chi connectivity index (χ1) is 16.0. The number of carbonyl (C=O) groups is 1. The van der Waals surface area contributed by atoms with Gasteiger partial charge in [0.05, 0.1) is 6.54 Å². The second kappa shape index (κ2) is 7.92. The summed E-state index contributed by atoms with van der Waals surface area (Å²) in [5.74, 6) is 1.87. The molecule has 5 nitrogen and oxygen atoms in total. The number of fused-ring (bicyclic) bond motifs is 2. The lowest BCUT2D eigenvalue weighted by Crippen LogP contribution is -2.59. The van der Waals surface area contributed by atoms with Crippen molar-refractivity contribution in [2.24, 2.45) is 44.8 Å². The van der Waals surface area contributed by atoms with Crippen molar-refractivity contribution in [3.05, 3.63) is 0 Å². The van der Waals surface area contributed by atoms with Crippen molar-refractivity contribution in [1.82, 2.24) is 16.0 Å². The normalized spacial score (nSPS) is 51.5. The molecule has 5 aliphatic rings. The Bertz CT molecular complexity index is 830. The molecule has 7 unspecified atom stereocenters. The van der Waals surface area contributed by atoms with E-state index in [9.17, 15) is 4.79 Å². The van der Waals surface area contributed by atoms with Crippen LogP contribution >= 0.6 is 0 Å². The maximum Gasteiger partial charge on any atom is 0.320 e. The molecule has 0 aromatic carbocycles. The predicted octanol–water partition coefficient (Wildman–Crippen LogP) is 4.36. The molecule has 3 N–H and O–H groups in total. The fraction of sp³-hybridized carbons (Fsp3) is 0.966. The van der Waals surface area contributed by atoms with Crippen LogP contribution in [0.3, 0.4) is 0 Å². The van der Waals surface area contributed by atoms with Crippen LogP contribution in [0.2, 0.25) is 0 Å². The number of likely N-dealkylation sites (N-methyl/N-ethyl adjacent to an activating group) is 1. The fourth-order valence-electron chi connectivity index (χ4n) is 11.5. The standard InChI is InChI=1S/C29H51N3O2/c1-18(31-7)24-19(34-23(33)16-30-6)15-27(5)21-10-9-20-25(2,3)22(32-8)11-12-28(20)17-29(21,28)14-13-26(24,27)4/h18-22,24,30-32H,9-17H2,1-8H3/t18-,19+,20?,21?,22?,24?,26?,27-,28?,29?/m0/s1. The molecule has 5 saturated carbocycles. The van der Waals surface area contributed by atoms with E-state index in [0.29, 0.717) is 40.8 Å². The second-order valence-corrected chi connectivity index (χ2v) is 14.1. The molecule has 5 rings (SSSR count). The molecule has 0 radical (unpaired) electrons. The summed E-state index contributed by atoms with van der Waals surface area (Å²) in [5.41, 5.74) is 1.88. The van der Waals surface area contributed by atoms with Gasteiger partial charge in [-0.05, 0) is 118 Å². The Morgan fingerprint density at radius 3 is 2.26 bits per heavy atom. The number of nitrogens with one attached hydrogen (secondary N) is 3. The van der Waals surface area contributed by atoms with E-state index in [1.165, 1.54) is 44.9 Å². The summed E-state index contributed by atoms with van der Waals surface area (Å²) in [6, 6.07) is 0.979. The first kappa shape index (κ1) is 25.0. The molecular weight excluding hydrogens is 422 g/mol. The van der Waals surface area contributed by atoms with Gasteiger partial charge < -0.3 is 20.7 Å². The lowest BCUT2D eigenvalue weighted by molar-refractivity contribution is -0.152. The molecule has 0 bridgehead atoms. The van der Waals surface area contributed by atoms with Gasteiger partial charge >= 0.3 is 5.97 Å². The monoisotopic (exact) mass is 473 g/mol. The number of hydrogen-bond donors (Lipinski definition) is 3. The van der Waals surface area contributed by atoms with Crippen LogP contribution in [0.1, 0.15) is 86.0 Å². The Labute approximate surface area is 208 Å². The third-order valence-corrected chi connectivity index (χ3v) is 13.1. The summed E-state index contributed by atoms with van der Waals surface area (Å²) >= 11 is 0. The molecule has 5 heteroatoms. The maximum atomic E-state index is 12.6. The third-order valence-electron chi connectivity index (χ3n) is 13.1. The third kappa shape index (κ3) is 2.93. The molecule has 5 aliphatic carbocycles. The predicted molar refractivity (Wildman–Crippen MR) is 137 cm³/mol. The van der Waals surface area contributed by atoms with Gasteiger partial charge in [-0.25, -0.2) is 0 Å². The molecule has 194 valence electrons. The molecule has 10 atom stereocenters. The quantitative estimate of drug-likeness (QED) is 0.500. The van der Waals surface area contributed by atoms with Crippen LogP contribution in [0.4, 0.5) is 0 Å². The van der Waals surface area contributed by atoms with Crippen molar-refractivity contribution in [3.63, 3.8) is 0 Å². The molecule has 34 heavy (non-hydrogen) atoms. The van der Waals surface area contributed by atoms with Crippen LogP contribution < -0.4 is 16.0 Å². The molecule has 5 fully saturated rings. The number of carbonyl (C=O) groups excluding carboxylic acids is 1. The van der Waals surface area contributed by atoms with Gasteiger partial charge in [-0.15, -0.1) is 0 Å². The van der Waals surface area contributed by atoms with Crippen LogP contribution in [0.15, 0.2) is 0 Å². The molecule has 2 spiro atoms. The van der Waals surface area contributed by atoms with E-state index in [0.717, 1.165) is 18.3 Å². The van der Waals surface area contributed by atoms with Gasteiger partial charge in [0.2, 0.25) is 0 Å². The minimum Gasteiger partial charge on any atom is -0.461 e. The van der Waals surface area contributed by atoms with Crippen molar-refractivity contribution in [3.8, 4) is 0 Å². The molecule has 0 amide bonds. The number of rotatable bonds is 6. The SMILES string of the molecule is CNCC(=O)O[C@@H]1C[C@@]2(C)C3CCC4C(C)(C)C(NC)CCC45CC35CCC2(C)C1[C@H](C)NC. The van der Waals surface area contributed by atoms with Gasteiger partial charge in [0.15, 0.2) is 0 Å². The van der Waals surface area contributed by atoms with Crippen LogP contribution in [0.5, 0.6) is 0 Å². The van der Waals surface area contributed by atoms with Crippen LogP contribution in [-0.2, 0) is 9.53 Å². The van der Waals surface area contributed by atoms with Gasteiger partial charge in [0.25, 0.3) is 0 Å². The molecule has 0 heterocycles. The summed E-state index contributed by atoms with van der Waals surface area (Å²) in [6.07, 6.45) is 10.6. The van der Waals surface area contributed by atoms with Crippen molar-refractivity contribution in [2.75, 3.05) is 27.7 Å². The maximum absolute atomic E-state index is 12.6. The van der Waals surface area contributed by atoms with Crippen molar-refractivity contribution < 1.29 is 9.53 Å². The summed E-state index contributed by atoms with van der Waals surface area (Å²) in [6.45, 7) is 12.9. The Morgan fingerprint density at radius 1 is 0.941 bits per heavy atom. The van der Waals surface area contributed by atoms with E-state index in [-0.39, 0.29) is 22.9 Å². The zero-order chi connectivity index (χ0) is 24.7. The Kier molecular flexibility index (Phi) is 5.83. The molecule has 0 aliphatic heterocycles. The van der Waals surface area contributed by atoms with Gasteiger partial charge in [0, 0.05) is 18.0 Å². The van der Waals surface area contributed by atoms with Crippen molar-refractivity contribution >= 4 is 5.97 Å². The second-order valence-electron chi connectivity index (χ2n) is 14.1. The van der Waals surface area contributed by atoms with Gasteiger partial charge in [0.1, 0.15) is 6.10 Å². The summed E-state index contributed by atoms with van der Waals surface area (Å²) in [4.78, 5) is 12.6. The van der Waals surface area contributed by atoms with E-state index in [4.69, 9.17) is 4.74 Å². The summed E-state index contributed by atoms with van der Waals surface area (Å²) in [7, 11) is 6.07. The minimum absolute atomic E-state index is 0.0114. The van der Waals surface area contributed by atoms with Crippen molar-refractivity contribution in [2.45, 2.75) is 104 Å². The van der Waals surface area contributed by atoms with Gasteiger partial charge in [-0.3, -0.25) is 4.79 Å². The highest BCUT2D eigenvalue weighted by molar-refractivity contribution is 5.71. The Balaban J connectivity index is 1.49. The number of ether oxygens (including phenoxy) is 1. The first-order valence-electron chi connectivity index (χ1n) is 14.2. The van der Waals surface area contributed by atoms with Gasteiger partial charge in [-0.2, -0.15) is 0 Å². The fourth-order valence-corrected chi connectivity index (χ4v) is 11.5. The molecule has 0 aromatic heterocycles.